The minimum atomic E-state index is -4.60. The topological polar surface area (TPSA) is 157 Å². The van der Waals surface area contributed by atoms with Gasteiger partial charge in [0.15, 0.2) is 5.54 Å². The van der Waals surface area contributed by atoms with E-state index >= 15 is 0 Å². The summed E-state index contributed by atoms with van der Waals surface area (Å²) in [5, 5.41) is 12.2. The number of rotatable bonds is 7. The van der Waals surface area contributed by atoms with Crippen molar-refractivity contribution in [2.75, 3.05) is 5.32 Å². The third kappa shape index (κ3) is 5.41. The average Bonchev–Trinajstić information content (AvgIpc) is 2.72. The van der Waals surface area contributed by atoms with Crippen molar-refractivity contribution in [3.05, 3.63) is 65.7 Å². The molecule has 0 aliphatic heterocycles. The van der Waals surface area contributed by atoms with Crippen LogP contribution in [0.3, 0.4) is 0 Å². The number of pyridine rings is 1. The summed E-state index contributed by atoms with van der Waals surface area (Å²) in [6, 6.07) is 8.84. The number of aromatic nitrogens is 3. The zero-order valence-electron chi connectivity index (χ0n) is 17.2. The molecule has 0 radical (unpaired) electrons. The highest BCUT2D eigenvalue weighted by atomic mass is 19.4. The van der Waals surface area contributed by atoms with Gasteiger partial charge in [-0.3, -0.25) is 9.78 Å². The number of nitrogens with zero attached hydrogens (tertiary/aromatic N) is 3. The number of carbonyl (C=O) groups excluding carboxylic acids is 1. The number of halogens is 3. The van der Waals surface area contributed by atoms with Gasteiger partial charge in [0.1, 0.15) is 5.69 Å². The lowest BCUT2D eigenvalue weighted by Gasteiger charge is -2.22. The summed E-state index contributed by atoms with van der Waals surface area (Å²) in [5.74, 6) is -2.57. The highest BCUT2D eigenvalue weighted by Gasteiger charge is 2.39. The van der Waals surface area contributed by atoms with E-state index < -0.39 is 35.7 Å². The number of alkyl halides is 3. The molecule has 0 saturated heterocycles. The van der Waals surface area contributed by atoms with E-state index in [4.69, 9.17) is 11.5 Å². The van der Waals surface area contributed by atoms with E-state index in [1.54, 1.807) is 31.2 Å². The van der Waals surface area contributed by atoms with E-state index in [0.29, 0.717) is 16.8 Å². The first-order valence-corrected chi connectivity index (χ1v) is 9.45. The fourth-order valence-electron chi connectivity index (χ4n) is 3.11. The molecule has 1 atom stereocenters. The number of anilines is 2. The zero-order chi connectivity index (χ0) is 24.4. The summed E-state index contributed by atoms with van der Waals surface area (Å²) in [4.78, 5) is 34.3. The Bertz CT molecular complexity index is 1200. The molecule has 0 bridgehead atoms. The summed E-state index contributed by atoms with van der Waals surface area (Å²) >= 11 is 0. The van der Waals surface area contributed by atoms with Crippen LogP contribution in [0.1, 0.15) is 23.4 Å². The van der Waals surface area contributed by atoms with Crippen LogP contribution in [0.5, 0.6) is 0 Å². The molecule has 0 spiro atoms. The van der Waals surface area contributed by atoms with Gasteiger partial charge in [0.05, 0.1) is 12.1 Å². The van der Waals surface area contributed by atoms with E-state index in [0.717, 1.165) is 17.8 Å². The number of amides is 1. The van der Waals surface area contributed by atoms with Crippen LogP contribution in [0.2, 0.25) is 0 Å². The van der Waals surface area contributed by atoms with E-state index in [1.807, 2.05) is 0 Å². The van der Waals surface area contributed by atoms with Crippen LogP contribution in [-0.2, 0) is 21.3 Å². The molecule has 2 heterocycles. The number of hydrogen-bond donors (Lipinski definition) is 4. The lowest BCUT2D eigenvalue weighted by atomic mass is 9.91. The third-order valence-corrected chi connectivity index (χ3v) is 4.67. The van der Waals surface area contributed by atoms with Crippen LogP contribution in [0.4, 0.5) is 24.8 Å². The number of benzene rings is 1. The standard InChI is InChI=1S/C21H19F3N6O3/c1-11-6-13(8-14(7-11)29-19-27-5-4-16(30-19)21(22,23)24)12-2-3-15(28-10-12)20(26,18(32)33)9-17(25)31/h2-8,10H,9,26H2,1H3,(H2,25,31)(H,32,33)(H,27,29,30)/t20-/m0/s1. The zero-order valence-corrected chi connectivity index (χ0v) is 17.2. The lowest BCUT2D eigenvalue weighted by molar-refractivity contribution is -0.146. The van der Waals surface area contributed by atoms with Gasteiger partial charge in [0, 0.05) is 23.6 Å². The molecule has 0 saturated carbocycles. The number of carboxylic acids is 1. The SMILES string of the molecule is Cc1cc(Nc2nccc(C(F)(F)F)n2)cc(-c2ccc([C@@](N)(CC(N)=O)C(=O)O)nc2)c1. The summed E-state index contributed by atoms with van der Waals surface area (Å²) in [5.41, 5.74) is 10.2. The van der Waals surface area contributed by atoms with Crippen molar-refractivity contribution in [2.24, 2.45) is 11.5 Å². The molecule has 172 valence electrons. The Labute approximate surface area is 185 Å². The maximum atomic E-state index is 12.9. The van der Waals surface area contributed by atoms with Crippen LogP contribution in [-0.4, -0.2) is 31.9 Å². The number of nitrogens with one attached hydrogen (secondary N) is 1. The number of carbonyl (C=O) groups is 2. The molecule has 0 aliphatic carbocycles. The minimum Gasteiger partial charge on any atom is -0.480 e. The monoisotopic (exact) mass is 460 g/mol. The van der Waals surface area contributed by atoms with Gasteiger partial charge in [0.25, 0.3) is 0 Å². The predicted molar refractivity (Wildman–Crippen MR) is 112 cm³/mol. The fraction of sp³-hybridized carbons (Fsp3) is 0.190. The molecule has 9 nitrogen and oxygen atoms in total. The van der Waals surface area contributed by atoms with Gasteiger partial charge in [-0.15, -0.1) is 0 Å². The predicted octanol–water partition coefficient (Wildman–Crippen LogP) is 2.72. The average molecular weight is 460 g/mol. The molecule has 3 aromatic rings. The number of aryl methyl sites for hydroxylation is 1. The van der Waals surface area contributed by atoms with Gasteiger partial charge in [-0.1, -0.05) is 12.1 Å². The molecular weight excluding hydrogens is 441 g/mol. The van der Waals surface area contributed by atoms with E-state index in [1.165, 1.54) is 12.3 Å². The highest BCUT2D eigenvalue weighted by Crippen LogP contribution is 2.30. The van der Waals surface area contributed by atoms with E-state index in [-0.39, 0.29) is 11.6 Å². The van der Waals surface area contributed by atoms with E-state index in [2.05, 4.69) is 20.3 Å². The summed E-state index contributed by atoms with van der Waals surface area (Å²) in [6.07, 6.45) is -2.86. The second-order valence-corrected chi connectivity index (χ2v) is 7.33. The van der Waals surface area contributed by atoms with Crippen LogP contribution in [0, 0.1) is 6.92 Å². The number of aliphatic carboxylic acids is 1. The van der Waals surface area contributed by atoms with Gasteiger partial charge in [-0.25, -0.2) is 14.8 Å². The van der Waals surface area contributed by atoms with Crippen molar-refractivity contribution in [3.8, 4) is 11.1 Å². The molecule has 1 amide bonds. The quantitative estimate of drug-likeness (QED) is 0.419. The molecule has 2 aromatic heterocycles. The largest absolute Gasteiger partial charge is 0.480 e. The van der Waals surface area contributed by atoms with Gasteiger partial charge < -0.3 is 21.9 Å². The number of nitrogens with two attached hydrogens (primary N) is 2. The molecule has 3 rings (SSSR count). The number of hydrogen-bond acceptors (Lipinski definition) is 7. The summed E-state index contributed by atoms with van der Waals surface area (Å²) in [6.45, 7) is 1.78. The maximum Gasteiger partial charge on any atom is 0.433 e. The van der Waals surface area contributed by atoms with Crippen molar-refractivity contribution >= 4 is 23.5 Å². The van der Waals surface area contributed by atoms with Crippen molar-refractivity contribution in [3.63, 3.8) is 0 Å². The van der Waals surface area contributed by atoms with Gasteiger partial charge in [0.2, 0.25) is 11.9 Å². The Kier molecular flexibility index (Phi) is 6.31. The molecule has 0 fully saturated rings. The van der Waals surface area contributed by atoms with Crippen molar-refractivity contribution < 1.29 is 27.9 Å². The lowest BCUT2D eigenvalue weighted by Crippen LogP contribution is -2.48. The normalized spacial score (nSPS) is 13.2. The molecule has 33 heavy (non-hydrogen) atoms. The molecular formula is C21H19F3N6O3. The number of primary amides is 1. The minimum absolute atomic E-state index is 0.0547. The Balaban J connectivity index is 1.91. The fourth-order valence-corrected chi connectivity index (χ4v) is 3.11. The van der Waals surface area contributed by atoms with E-state index in [9.17, 15) is 27.9 Å². The van der Waals surface area contributed by atoms with Crippen molar-refractivity contribution in [1.82, 2.24) is 15.0 Å². The molecule has 0 aliphatic rings. The number of carboxylic acid groups (broad SMARTS) is 1. The maximum absolute atomic E-state index is 12.9. The third-order valence-electron chi connectivity index (χ3n) is 4.67. The Morgan fingerprint density at radius 2 is 1.79 bits per heavy atom. The first-order valence-electron chi connectivity index (χ1n) is 9.45. The summed E-state index contributed by atoms with van der Waals surface area (Å²) < 4.78 is 38.7. The molecule has 0 unspecified atom stereocenters. The van der Waals surface area contributed by atoms with Gasteiger partial charge in [-0.05, 0) is 42.3 Å². The first kappa shape index (κ1) is 23.6. The van der Waals surface area contributed by atoms with Crippen LogP contribution >= 0.6 is 0 Å². The first-order chi connectivity index (χ1) is 15.4. The molecule has 12 heteroatoms. The van der Waals surface area contributed by atoms with Crippen molar-refractivity contribution in [2.45, 2.75) is 25.1 Å². The van der Waals surface area contributed by atoms with Gasteiger partial charge in [-0.2, -0.15) is 13.2 Å². The second-order valence-electron chi connectivity index (χ2n) is 7.33. The highest BCUT2D eigenvalue weighted by molar-refractivity contribution is 5.87. The Morgan fingerprint density at radius 1 is 1.06 bits per heavy atom. The summed E-state index contributed by atoms with van der Waals surface area (Å²) in [7, 11) is 0. The smallest absolute Gasteiger partial charge is 0.433 e. The second kappa shape index (κ2) is 8.82. The molecule has 1 aromatic carbocycles. The van der Waals surface area contributed by atoms with Crippen molar-refractivity contribution in [1.29, 1.82) is 0 Å². The van der Waals surface area contributed by atoms with Crippen LogP contribution < -0.4 is 16.8 Å². The van der Waals surface area contributed by atoms with Crippen LogP contribution in [0.25, 0.3) is 11.1 Å². The Morgan fingerprint density at radius 3 is 2.36 bits per heavy atom. The van der Waals surface area contributed by atoms with Crippen LogP contribution in [0.15, 0.2) is 48.8 Å². The Hall–Kier alpha value is -4.06. The van der Waals surface area contributed by atoms with Gasteiger partial charge >= 0.3 is 12.1 Å². The molecule has 6 N–H and O–H groups in total.